The van der Waals surface area contributed by atoms with Crippen molar-refractivity contribution in [1.82, 2.24) is 15.3 Å². The third-order valence-electron chi connectivity index (χ3n) is 5.08. The Balaban J connectivity index is 1.49. The SMILES string of the molecule is CCOC(=O)c1sc2ncnc(N3CCC(NC(=O)c4ccsc4)CC3)c2c1C. The first kappa shape index (κ1) is 19.8. The van der Waals surface area contributed by atoms with E-state index in [2.05, 4.69) is 20.2 Å². The Hall–Kier alpha value is -2.52. The minimum Gasteiger partial charge on any atom is -0.462 e. The van der Waals surface area contributed by atoms with Gasteiger partial charge in [-0.3, -0.25) is 4.79 Å². The summed E-state index contributed by atoms with van der Waals surface area (Å²) >= 11 is 2.87. The van der Waals surface area contributed by atoms with Crippen LogP contribution < -0.4 is 10.2 Å². The lowest BCUT2D eigenvalue weighted by Crippen LogP contribution is -2.45. The average molecular weight is 431 g/mol. The molecule has 1 saturated heterocycles. The number of carbonyl (C=O) groups is 2. The third kappa shape index (κ3) is 3.97. The van der Waals surface area contributed by atoms with Gasteiger partial charge in [-0.2, -0.15) is 11.3 Å². The van der Waals surface area contributed by atoms with Crippen molar-refractivity contribution in [2.75, 3.05) is 24.6 Å². The van der Waals surface area contributed by atoms with Gasteiger partial charge >= 0.3 is 5.97 Å². The normalized spacial score (nSPS) is 14.9. The van der Waals surface area contributed by atoms with Crippen LogP contribution in [0.25, 0.3) is 10.2 Å². The zero-order valence-electron chi connectivity index (χ0n) is 16.3. The Labute approximate surface area is 176 Å². The molecule has 0 saturated carbocycles. The van der Waals surface area contributed by atoms with E-state index in [9.17, 15) is 9.59 Å². The molecule has 29 heavy (non-hydrogen) atoms. The maximum atomic E-state index is 12.3. The summed E-state index contributed by atoms with van der Waals surface area (Å²) in [6.45, 7) is 5.63. The fourth-order valence-electron chi connectivity index (χ4n) is 3.58. The third-order valence-corrected chi connectivity index (χ3v) is 6.94. The summed E-state index contributed by atoms with van der Waals surface area (Å²) in [6, 6.07) is 1.99. The highest BCUT2D eigenvalue weighted by molar-refractivity contribution is 7.20. The predicted molar refractivity (Wildman–Crippen MR) is 115 cm³/mol. The number of aromatic nitrogens is 2. The van der Waals surface area contributed by atoms with Crippen LogP contribution in [0, 0.1) is 6.92 Å². The molecule has 1 aliphatic heterocycles. The Morgan fingerprint density at radius 2 is 2.10 bits per heavy atom. The van der Waals surface area contributed by atoms with Gasteiger partial charge in [0.25, 0.3) is 5.91 Å². The molecular weight excluding hydrogens is 408 g/mol. The number of thiophene rings is 2. The molecule has 0 unspecified atom stereocenters. The van der Waals surface area contributed by atoms with E-state index in [4.69, 9.17) is 4.74 Å². The summed E-state index contributed by atoms with van der Waals surface area (Å²) in [5.74, 6) is 0.526. The van der Waals surface area contributed by atoms with Crippen molar-refractivity contribution in [3.63, 3.8) is 0 Å². The van der Waals surface area contributed by atoms with Gasteiger partial charge in [0.05, 0.1) is 12.0 Å². The van der Waals surface area contributed by atoms with Crippen molar-refractivity contribution in [3.8, 4) is 0 Å². The molecule has 0 atom stereocenters. The molecular formula is C20H22N4O3S2. The number of piperidine rings is 1. The van der Waals surface area contributed by atoms with Crippen LogP contribution in [0.5, 0.6) is 0 Å². The number of fused-ring (bicyclic) bond motifs is 1. The van der Waals surface area contributed by atoms with Crippen molar-refractivity contribution in [3.05, 3.63) is 39.2 Å². The van der Waals surface area contributed by atoms with Gasteiger partial charge in [0.15, 0.2) is 0 Å². The number of hydrogen-bond acceptors (Lipinski definition) is 8. The lowest BCUT2D eigenvalue weighted by molar-refractivity contribution is 0.0531. The fraction of sp³-hybridized carbons (Fsp3) is 0.400. The highest BCUT2D eigenvalue weighted by Gasteiger charge is 2.26. The molecule has 7 nitrogen and oxygen atoms in total. The molecule has 3 aromatic heterocycles. The average Bonchev–Trinajstić information content (AvgIpc) is 3.37. The van der Waals surface area contributed by atoms with Gasteiger partial charge in [-0.15, -0.1) is 11.3 Å². The molecule has 0 aromatic carbocycles. The van der Waals surface area contributed by atoms with Crippen molar-refractivity contribution >= 4 is 50.6 Å². The number of hydrogen-bond donors (Lipinski definition) is 1. The highest BCUT2D eigenvalue weighted by atomic mass is 32.1. The first-order chi connectivity index (χ1) is 14.1. The molecule has 0 bridgehead atoms. The van der Waals surface area contributed by atoms with E-state index in [1.807, 2.05) is 23.8 Å². The van der Waals surface area contributed by atoms with Crippen LogP contribution in [-0.4, -0.2) is 47.6 Å². The second-order valence-corrected chi connectivity index (χ2v) is 8.68. The smallest absolute Gasteiger partial charge is 0.348 e. The van der Waals surface area contributed by atoms with Crippen molar-refractivity contribution in [2.45, 2.75) is 32.7 Å². The quantitative estimate of drug-likeness (QED) is 0.622. The second-order valence-electron chi connectivity index (χ2n) is 6.90. The zero-order valence-corrected chi connectivity index (χ0v) is 17.9. The standard InChI is InChI=1S/C20H22N4O3S2/c1-3-27-20(26)16-12(2)15-17(21-11-22-19(15)29-16)24-7-4-14(5-8-24)23-18(25)13-6-9-28-10-13/h6,9-11,14H,3-5,7-8H2,1-2H3,(H,23,25). The van der Waals surface area contributed by atoms with Gasteiger partial charge < -0.3 is 15.0 Å². The van der Waals surface area contributed by atoms with Crippen molar-refractivity contribution < 1.29 is 14.3 Å². The number of rotatable bonds is 5. The van der Waals surface area contributed by atoms with Crippen molar-refractivity contribution in [2.24, 2.45) is 0 Å². The van der Waals surface area contributed by atoms with Gasteiger partial charge in [0.2, 0.25) is 0 Å². The number of nitrogens with zero attached hydrogens (tertiary/aromatic N) is 3. The first-order valence-electron chi connectivity index (χ1n) is 9.57. The molecule has 4 heterocycles. The van der Waals surface area contributed by atoms with E-state index in [1.54, 1.807) is 13.3 Å². The molecule has 4 rings (SSSR count). The first-order valence-corrected chi connectivity index (χ1v) is 11.3. The van der Waals surface area contributed by atoms with E-state index in [1.165, 1.54) is 22.7 Å². The van der Waals surface area contributed by atoms with Gasteiger partial charge in [0.1, 0.15) is 21.9 Å². The monoisotopic (exact) mass is 430 g/mol. The Morgan fingerprint density at radius 1 is 1.31 bits per heavy atom. The fourth-order valence-corrected chi connectivity index (χ4v) is 5.26. The number of ether oxygens (including phenoxy) is 1. The molecule has 1 N–H and O–H groups in total. The van der Waals surface area contributed by atoms with Gasteiger partial charge in [0, 0.05) is 30.1 Å². The van der Waals surface area contributed by atoms with Crippen LogP contribution in [0.2, 0.25) is 0 Å². The minimum atomic E-state index is -0.311. The topological polar surface area (TPSA) is 84.4 Å². The van der Waals surface area contributed by atoms with Crippen LogP contribution in [0.4, 0.5) is 5.82 Å². The number of anilines is 1. The number of carbonyl (C=O) groups excluding carboxylic acids is 2. The summed E-state index contributed by atoms with van der Waals surface area (Å²) in [4.78, 5) is 37.0. The summed E-state index contributed by atoms with van der Waals surface area (Å²) in [5.41, 5.74) is 1.59. The molecule has 9 heteroatoms. The summed E-state index contributed by atoms with van der Waals surface area (Å²) in [7, 11) is 0. The molecule has 1 aliphatic rings. The maximum Gasteiger partial charge on any atom is 0.348 e. The Kier molecular flexibility index (Phi) is 5.77. The Bertz CT molecular complexity index is 1020. The molecule has 1 fully saturated rings. The van der Waals surface area contributed by atoms with E-state index in [-0.39, 0.29) is 17.9 Å². The number of amides is 1. The van der Waals surface area contributed by atoms with E-state index < -0.39 is 0 Å². The Morgan fingerprint density at radius 3 is 2.79 bits per heavy atom. The number of nitrogens with one attached hydrogen (secondary N) is 1. The van der Waals surface area contributed by atoms with Crippen LogP contribution in [0.1, 0.15) is 45.4 Å². The van der Waals surface area contributed by atoms with Crippen molar-refractivity contribution in [1.29, 1.82) is 0 Å². The van der Waals surface area contributed by atoms with E-state index in [0.717, 1.165) is 53.1 Å². The lowest BCUT2D eigenvalue weighted by atomic mass is 10.0. The van der Waals surface area contributed by atoms with E-state index in [0.29, 0.717) is 11.5 Å². The van der Waals surface area contributed by atoms with Gasteiger partial charge in [-0.1, -0.05) is 0 Å². The highest BCUT2D eigenvalue weighted by Crippen LogP contribution is 2.36. The number of esters is 1. The maximum absolute atomic E-state index is 12.3. The molecule has 1 amide bonds. The van der Waals surface area contributed by atoms with Gasteiger partial charge in [-0.05, 0) is 43.7 Å². The summed E-state index contributed by atoms with van der Waals surface area (Å²) < 4.78 is 5.18. The minimum absolute atomic E-state index is 0.0121. The van der Waals surface area contributed by atoms with Crippen LogP contribution in [0.15, 0.2) is 23.2 Å². The summed E-state index contributed by atoms with van der Waals surface area (Å²) in [5, 5.41) is 7.81. The predicted octanol–water partition coefficient (Wildman–Crippen LogP) is 3.64. The number of aryl methyl sites for hydroxylation is 1. The largest absolute Gasteiger partial charge is 0.462 e. The molecule has 3 aromatic rings. The zero-order chi connectivity index (χ0) is 20.4. The summed E-state index contributed by atoms with van der Waals surface area (Å²) in [6.07, 6.45) is 3.23. The van der Waals surface area contributed by atoms with Crippen LogP contribution in [-0.2, 0) is 4.74 Å². The van der Waals surface area contributed by atoms with Gasteiger partial charge in [-0.25, -0.2) is 14.8 Å². The van der Waals surface area contributed by atoms with Crippen LogP contribution in [0.3, 0.4) is 0 Å². The molecule has 0 spiro atoms. The molecule has 0 radical (unpaired) electrons. The lowest BCUT2D eigenvalue weighted by Gasteiger charge is -2.33. The van der Waals surface area contributed by atoms with E-state index >= 15 is 0 Å². The molecule has 0 aliphatic carbocycles. The second kappa shape index (κ2) is 8.46. The van der Waals surface area contributed by atoms with Crippen LogP contribution >= 0.6 is 22.7 Å². The molecule has 152 valence electrons.